The second kappa shape index (κ2) is 6.13. The van der Waals surface area contributed by atoms with Crippen LogP contribution in [0.2, 0.25) is 0 Å². The van der Waals surface area contributed by atoms with Crippen LogP contribution in [0.5, 0.6) is 0 Å². The minimum Gasteiger partial charge on any atom is -0.349 e. The van der Waals surface area contributed by atoms with Crippen molar-refractivity contribution in [3.63, 3.8) is 0 Å². The summed E-state index contributed by atoms with van der Waals surface area (Å²) in [4.78, 5) is 43.3. The summed E-state index contributed by atoms with van der Waals surface area (Å²) in [6, 6.07) is 1.82. The lowest BCUT2D eigenvalue weighted by Gasteiger charge is -2.26. The first kappa shape index (κ1) is 16.1. The third-order valence-corrected chi connectivity index (χ3v) is 5.30. The standard InChI is InChI=1S/C18H22N4O3/c1-10-2-4-12(5-3-10)20-16(23)11-8-14-15(19-9-11)22(13-6-7-13)18(25)21-17(14)24/h8-10,12-13H,2-7H2,1H3,(H,20,23)(H,21,24,25). The summed E-state index contributed by atoms with van der Waals surface area (Å²) in [6.07, 6.45) is 7.48. The quantitative estimate of drug-likeness (QED) is 0.888. The van der Waals surface area contributed by atoms with E-state index in [2.05, 4.69) is 22.2 Å². The molecule has 0 bridgehead atoms. The molecule has 0 aliphatic heterocycles. The van der Waals surface area contributed by atoms with Crippen LogP contribution in [0.1, 0.15) is 61.8 Å². The van der Waals surface area contributed by atoms with Gasteiger partial charge in [0, 0.05) is 18.3 Å². The highest BCUT2D eigenvalue weighted by atomic mass is 16.2. The minimum atomic E-state index is -0.495. The maximum absolute atomic E-state index is 12.5. The molecule has 4 rings (SSSR count). The monoisotopic (exact) mass is 342 g/mol. The van der Waals surface area contributed by atoms with Gasteiger partial charge in [-0.2, -0.15) is 0 Å². The fraction of sp³-hybridized carbons (Fsp3) is 0.556. The Kier molecular flexibility index (Phi) is 3.94. The van der Waals surface area contributed by atoms with Gasteiger partial charge in [-0.15, -0.1) is 0 Å². The number of nitrogens with zero attached hydrogens (tertiary/aromatic N) is 2. The van der Waals surface area contributed by atoms with Crippen molar-refractivity contribution in [2.24, 2.45) is 5.92 Å². The van der Waals surface area contributed by atoms with E-state index >= 15 is 0 Å². The number of aromatic amines is 1. The van der Waals surface area contributed by atoms with Gasteiger partial charge < -0.3 is 5.32 Å². The van der Waals surface area contributed by atoms with E-state index in [0.717, 1.165) is 38.5 Å². The van der Waals surface area contributed by atoms with Crippen LogP contribution < -0.4 is 16.6 Å². The fourth-order valence-corrected chi connectivity index (χ4v) is 3.61. The van der Waals surface area contributed by atoms with E-state index in [1.807, 2.05) is 0 Å². The molecule has 0 saturated heterocycles. The highest BCUT2D eigenvalue weighted by Crippen LogP contribution is 2.34. The highest BCUT2D eigenvalue weighted by molar-refractivity contribution is 5.96. The van der Waals surface area contributed by atoms with E-state index in [1.54, 1.807) is 6.07 Å². The van der Waals surface area contributed by atoms with Crippen molar-refractivity contribution >= 4 is 16.9 Å². The zero-order valence-electron chi connectivity index (χ0n) is 14.2. The molecule has 25 heavy (non-hydrogen) atoms. The molecule has 2 aromatic heterocycles. The second-order valence-corrected chi connectivity index (χ2v) is 7.39. The predicted molar refractivity (Wildman–Crippen MR) is 93.8 cm³/mol. The topological polar surface area (TPSA) is 96.8 Å². The summed E-state index contributed by atoms with van der Waals surface area (Å²) in [7, 11) is 0. The van der Waals surface area contributed by atoms with Crippen LogP contribution in [0.25, 0.3) is 11.0 Å². The third kappa shape index (κ3) is 3.10. The first-order valence-corrected chi connectivity index (χ1v) is 8.98. The van der Waals surface area contributed by atoms with Crippen molar-refractivity contribution in [3.8, 4) is 0 Å². The summed E-state index contributed by atoms with van der Waals surface area (Å²) in [5.74, 6) is 0.505. The van der Waals surface area contributed by atoms with Crippen LogP contribution in [-0.4, -0.2) is 26.5 Å². The Balaban J connectivity index is 1.64. The van der Waals surface area contributed by atoms with Gasteiger partial charge in [0.25, 0.3) is 11.5 Å². The zero-order chi connectivity index (χ0) is 17.6. The van der Waals surface area contributed by atoms with Crippen molar-refractivity contribution in [1.82, 2.24) is 19.9 Å². The molecule has 0 atom stereocenters. The lowest BCUT2D eigenvalue weighted by atomic mass is 9.87. The second-order valence-electron chi connectivity index (χ2n) is 7.39. The molecule has 2 aliphatic carbocycles. The highest BCUT2D eigenvalue weighted by Gasteiger charge is 2.28. The van der Waals surface area contributed by atoms with Crippen LogP contribution in [0.3, 0.4) is 0 Å². The Hall–Kier alpha value is -2.44. The number of hydrogen-bond donors (Lipinski definition) is 2. The Morgan fingerprint density at radius 2 is 1.92 bits per heavy atom. The Morgan fingerprint density at radius 3 is 2.60 bits per heavy atom. The fourth-order valence-electron chi connectivity index (χ4n) is 3.61. The predicted octanol–water partition coefficient (Wildman–Crippen LogP) is 1.73. The molecule has 7 heteroatoms. The Morgan fingerprint density at radius 1 is 1.20 bits per heavy atom. The van der Waals surface area contributed by atoms with Crippen LogP contribution >= 0.6 is 0 Å². The van der Waals surface area contributed by atoms with Crippen LogP contribution in [-0.2, 0) is 0 Å². The summed E-state index contributed by atoms with van der Waals surface area (Å²) >= 11 is 0. The molecule has 2 aromatic rings. The first-order valence-electron chi connectivity index (χ1n) is 8.98. The number of carbonyl (C=O) groups is 1. The average molecular weight is 342 g/mol. The van der Waals surface area contributed by atoms with Crippen molar-refractivity contribution in [2.75, 3.05) is 0 Å². The van der Waals surface area contributed by atoms with Gasteiger partial charge in [0.15, 0.2) is 0 Å². The first-order chi connectivity index (χ1) is 12.0. The molecule has 2 N–H and O–H groups in total. The van der Waals surface area contributed by atoms with Crippen LogP contribution in [0.4, 0.5) is 0 Å². The number of aromatic nitrogens is 3. The van der Waals surface area contributed by atoms with Crippen molar-refractivity contribution in [2.45, 2.75) is 57.5 Å². The van der Waals surface area contributed by atoms with Gasteiger partial charge in [-0.1, -0.05) is 6.92 Å². The number of amides is 1. The zero-order valence-corrected chi connectivity index (χ0v) is 14.2. The molecule has 7 nitrogen and oxygen atoms in total. The van der Waals surface area contributed by atoms with Crippen molar-refractivity contribution < 1.29 is 4.79 Å². The van der Waals surface area contributed by atoms with Crippen molar-refractivity contribution in [1.29, 1.82) is 0 Å². The van der Waals surface area contributed by atoms with Gasteiger partial charge >= 0.3 is 5.69 Å². The van der Waals surface area contributed by atoms with Crippen LogP contribution in [0, 0.1) is 5.92 Å². The van der Waals surface area contributed by atoms with Gasteiger partial charge in [0.1, 0.15) is 5.65 Å². The van der Waals surface area contributed by atoms with Gasteiger partial charge in [0.2, 0.25) is 0 Å². The number of H-pyrrole nitrogens is 1. The van der Waals surface area contributed by atoms with Gasteiger partial charge in [0.05, 0.1) is 10.9 Å². The molecule has 2 fully saturated rings. The van der Waals surface area contributed by atoms with E-state index in [9.17, 15) is 14.4 Å². The van der Waals surface area contributed by atoms with E-state index < -0.39 is 11.2 Å². The molecule has 132 valence electrons. The number of rotatable bonds is 3. The minimum absolute atomic E-state index is 0.100. The number of hydrogen-bond acceptors (Lipinski definition) is 4. The number of fused-ring (bicyclic) bond motifs is 1. The molecule has 0 unspecified atom stereocenters. The lowest BCUT2D eigenvalue weighted by Crippen LogP contribution is -2.37. The van der Waals surface area contributed by atoms with Gasteiger partial charge in [-0.3, -0.25) is 19.1 Å². The molecular weight excluding hydrogens is 320 g/mol. The molecule has 1 amide bonds. The smallest absolute Gasteiger partial charge is 0.330 e. The van der Waals surface area contributed by atoms with Crippen molar-refractivity contribution in [3.05, 3.63) is 38.7 Å². The summed E-state index contributed by atoms with van der Waals surface area (Å²) in [5, 5.41) is 3.33. The molecule has 0 aromatic carbocycles. The van der Waals surface area contributed by atoms with Crippen LogP contribution in [0.15, 0.2) is 21.9 Å². The molecule has 2 saturated carbocycles. The molecule has 0 spiro atoms. The third-order valence-electron chi connectivity index (χ3n) is 5.30. The Labute approximate surface area is 144 Å². The normalized spacial score (nSPS) is 23.6. The summed E-state index contributed by atoms with van der Waals surface area (Å²) in [6.45, 7) is 2.23. The van der Waals surface area contributed by atoms with E-state index in [0.29, 0.717) is 17.1 Å². The maximum atomic E-state index is 12.5. The molecule has 2 heterocycles. The van der Waals surface area contributed by atoms with E-state index in [-0.39, 0.29) is 23.4 Å². The number of pyridine rings is 1. The van der Waals surface area contributed by atoms with E-state index in [1.165, 1.54) is 10.8 Å². The molecular formula is C18H22N4O3. The maximum Gasteiger partial charge on any atom is 0.330 e. The van der Waals surface area contributed by atoms with Gasteiger partial charge in [-0.05, 0) is 50.5 Å². The largest absolute Gasteiger partial charge is 0.349 e. The SMILES string of the molecule is CC1CCC(NC(=O)c2cnc3c(c2)c(=O)[nH]c(=O)n3C2CC2)CC1. The number of nitrogens with one attached hydrogen (secondary N) is 2. The lowest BCUT2D eigenvalue weighted by molar-refractivity contribution is 0.0923. The van der Waals surface area contributed by atoms with E-state index in [4.69, 9.17) is 0 Å². The number of carbonyl (C=O) groups excluding carboxylic acids is 1. The average Bonchev–Trinajstić information content (AvgIpc) is 3.41. The summed E-state index contributed by atoms with van der Waals surface area (Å²) in [5.41, 5.74) is -0.205. The summed E-state index contributed by atoms with van der Waals surface area (Å²) < 4.78 is 1.53. The van der Waals surface area contributed by atoms with Gasteiger partial charge in [-0.25, -0.2) is 9.78 Å². The molecule has 0 radical (unpaired) electrons. The molecule has 2 aliphatic rings. The Bertz CT molecular complexity index is 933.